The van der Waals surface area contributed by atoms with Crippen LogP contribution >= 0.6 is 0 Å². The number of pyridine rings is 1. The standard InChI is InChI=1S/C28H24N2O4/c31-27-23-8-3-2-7-22(23)26-25(27)21-6-1-4-9-24(21)28(32)30(26)19-10-12-20(13-11-19)34-17-15-29-14-5-16-33-18-29/h1-4,6-13H,5,14-18H2. The van der Waals surface area contributed by atoms with Gasteiger partial charge < -0.3 is 9.47 Å². The minimum Gasteiger partial charge on any atom is -0.492 e. The Morgan fingerprint density at radius 1 is 0.853 bits per heavy atom. The first-order valence-electron chi connectivity index (χ1n) is 11.6. The lowest BCUT2D eigenvalue weighted by molar-refractivity contribution is -0.0181. The van der Waals surface area contributed by atoms with E-state index in [0.717, 1.165) is 37.4 Å². The first kappa shape index (κ1) is 20.8. The molecule has 6 heteroatoms. The minimum atomic E-state index is -0.141. The molecular formula is C28H24N2O4. The summed E-state index contributed by atoms with van der Waals surface area (Å²) in [6.45, 7) is 3.87. The highest BCUT2D eigenvalue weighted by Gasteiger charge is 2.32. The number of ketones is 1. The van der Waals surface area contributed by atoms with E-state index in [1.54, 1.807) is 10.6 Å². The van der Waals surface area contributed by atoms with Crippen molar-refractivity contribution in [2.24, 2.45) is 0 Å². The number of rotatable bonds is 5. The summed E-state index contributed by atoms with van der Waals surface area (Å²) >= 11 is 0. The Balaban J connectivity index is 1.38. The van der Waals surface area contributed by atoms with Gasteiger partial charge in [-0.05, 0) is 36.8 Å². The summed E-state index contributed by atoms with van der Waals surface area (Å²) in [5.74, 6) is 0.695. The number of fused-ring (bicyclic) bond motifs is 5. The largest absolute Gasteiger partial charge is 0.492 e. The molecule has 1 fully saturated rings. The van der Waals surface area contributed by atoms with E-state index in [1.165, 1.54) is 0 Å². The highest BCUT2D eigenvalue weighted by Crippen LogP contribution is 2.40. The van der Waals surface area contributed by atoms with Crippen LogP contribution in [0.2, 0.25) is 0 Å². The van der Waals surface area contributed by atoms with Crippen LogP contribution in [0.5, 0.6) is 5.75 Å². The van der Waals surface area contributed by atoms with Gasteiger partial charge in [-0.25, -0.2) is 0 Å². The normalized spacial score (nSPS) is 15.4. The van der Waals surface area contributed by atoms with E-state index in [9.17, 15) is 9.59 Å². The second-order valence-electron chi connectivity index (χ2n) is 8.64. The monoisotopic (exact) mass is 452 g/mol. The topological polar surface area (TPSA) is 60.8 Å². The molecule has 1 aliphatic carbocycles. The minimum absolute atomic E-state index is 0.0443. The molecule has 170 valence electrons. The average molecular weight is 453 g/mol. The number of hydrogen-bond donors (Lipinski definition) is 0. The molecule has 3 aromatic carbocycles. The summed E-state index contributed by atoms with van der Waals surface area (Å²) in [5, 5.41) is 1.23. The van der Waals surface area contributed by atoms with Crippen molar-refractivity contribution in [3.05, 3.63) is 94.3 Å². The van der Waals surface area contributed by atoms with Crippen LogP contribution in [0, 0.1) is 0 Å². The lowest BCUT2D eigenvalue weighted by Crippen LogP contribution is -2.36. The van der Waals surface area contributed by atoms with E-state index in [1.807, 2.05) is 66.7 Å². The molecule has 1 aliphatic heterocycles. The summed E-state index contributed by atoms with van der Waals surface area (Å²) in [7, 11) is 0. The maximum Gasteiger partial charge on any atom is 0.263 e. The zero-order valence-corrected chi connectivity index (χ0v) is 18.7. The molecule has 6 nitrogen and oxygen atoms in total. The van der Waals surface area contributed by atoms with Crippen LogP contribution in [0.25, 0.3) is 27.7 Å². The number of benzene rings is 3. The fraction of sp³-hybridized carbons (Fsp3) is 0.214. The van der Waals surface area contributed by atoms with Gasteiger partial charge in [0.05, 0.1) is 18.0 Å². The van der Waals surface area contributed by atoms with Crippen LogP contribution in [-0.4, -0.2) is 48.3 Å². The second kappa shape index (κ2) is 8.56. The maximum absolute atomic E-state index is 13.6. The van der Waals surface area contributed by atoms with Gasteiger partial charge >= 0.3 is 0 Å². The molecule has 1 saturated heterocycles. The molecular weight excluding hydrogens is 428 g/mol. The molecule has 34 heavy (non-hydrogen) atoms. The quantitative estimate of drug-likeness (QED) is 0.399. The van der Waals surface area contributed by atoms with Crippen LogP contribution in [0.4, 0.5) is 0 Å². The number of ether oxygens (including phenoxy) is 2. The molecule has 0 amide bonds. The maximum atomic E-state index is 13.6. The van der Waals surface area contributed by atoms with E-state index in [4.69, 9.17) is 9.47 Å². The summed E-state index contributed by atoms with van der Waals surface area (Å²) in [6, 6.07) is 22.3. The number of nitrogens with zero attached hydrogens (tertiary/aromatic N) is 2. The molecule has 0 radical (unpaired) electrons. The second-order valence-corrected chi connectivity index (χ2v) is 8.64. The lowest BCUT2D eigenvalue weighted by Gasteiger charge is -2.26. The van der Waals surface area contributed by atoms with E-state index >= 15 is 0 Å². The lowest BCUT2D eigenvalue weighted by atomic mass is 10.0. The Morgan fingerprint density at radius 3 is 2.35 bits per heavy atom. The zero-order valence-electron chi connectivity index (χ0n) is 18.7. The third-order valence-electron chi connectivity index (χ3n) is 6.55. The SMILES string of the molecule is O=C1c2ccccc2-c2c1c1ccccc1c(=O)n2-c1ccc(OCCN2CCCOC2)cc1. The Labute approximate surface area is 197 Å². The van der Waals surface area contributed by atoms with Crippen molar-refractivity contribution in [3.8, 4) is 22.7 Å². The Hall–Kier alpha value is -3.74. The Bertz CT molecular complexity index is 1450. The smallest absolute Gasteiger partial charge is 0.263 e. The van der Waals surface area contributed by atoms with Crippen LogP contribution in [0.15, 0.2) is 77.6 Å². The molecule has 1 aromatic heterocycles. The van der Waals surface area contributed by atoms with Gasteiger partial charge in [0.1, 0.15) is 12.4 Å². The predicted molar refractivity (Wildman–Crippen MR) is 131 cm³/mol. The molecule has 0 bridgehead atoms. The van der Waals surface area contributed by atoms with Gasteiger partial charge in [-0.15, -0.1) is 0 Å². The van der Waals surface area contributed by atoms with E-state index in [0.29, 0.717) is 46.6 Å². The summed E-state index contributed by atoms with van der Waals surface area (Å²) < 4.78 is 13.1. The Morgan fingerprint density at radius 2 is 1.59 bits per heavy atom. The number of carbonyl (C=O) groups excluding carboxylic acids is 1. The van der Waals surface area contributed by atoms with Gasteiger partial charge in [-0.3, -0.25) is 19.1 Å². The third kappa shape index (κ3) is 3.43. The molecule has 4 aromatic rings. The van der Waals surface area contributed by atoms with E-state index in [2.05, 4.69) is 4.90 Å². The molecule has 0 saturated carbocycles. The summed E-state index contributed by atoms with van der Waals surface area (Å²) in [5.41, 5.74) is 3.22. The van der Waals surface area contributed by atoms with Gasteiger partial charge in [-0.2, -0.15) is 0 Å². The van der Waals surface area contributed by atoms with Crippen LogP contribution < -0.4 is 10.3 Å². The van der Waals surface area contributed by atoms with Gasteiger partial charge in [0.25, 0.3) is 5.56 Å². The first-order valence-corrected chi connectivity index (χ1v) is 11.6. The summed E-state index contributed by atoms with van der Waals surface area (Å²) in [6.07, 6.45) is 1.05. The molecule has 0 N–H and O–H groups in total. The molecule has 0 atom stereocenters. The highest BCUT2D eigenvalue weighted by molar-refractivity contribution is 6.26. The van der Waals surface area contributed by atoms with Crippen molar-refractivity contribution in [2.45, 2.75) is 6.42 Å². The molecule has 6 rings (SSSR count). The molecule has 2 heterocycles. The summed E-state index contributed by atoms with van der Waals surface area (Å²) in [4.78, 5) is 29.2. The fourth-order valence-corrected chi connectivity index (χ4v) is 4.91. The van der Waals surface area contributed by atoms with E-state index in [-0.39, 0.29) is 11.3 Å². The Kier molecular flexibility index (Phi) is 5.24. The molecule has 0 spiro atoms. The average Bonchev–Trinajstić information content (AvgIpc) is 3.18. The highest BCUT2D eigenvalue weighted by atomic mass is 16.5. The zero-order chi connectivity index (χ0) is 23.1. The number of aromatic nitrogens is 1. The molecule has 2 aliphatic rings. The van der Waals surface area contributed by atoms with Crippen molar-refractivity contribution in [1.29, 1.82) is 0 Å². The first-order chi connectivity index (χ1) is 16.7. The van der Waals surface area contributed by atoms with E-state index < -0.39 is 0 Å². The van der Waals surface area contributed by atoms with Crippen LogP contribution in [0.1, 0.15) is 22.3 Å². The van der Waals surface area contributed by atoms with Gasteiger partial charge in [-0.1, -0.05) is 42.5 Å². The van der Waals surface area contributed by atoms with Crippen molar-refractivity contribution in [2.75, 3.05) is 33.0 Å². The predicted octanol–water partition coefficient (Wildman–Crippen LogP) is 4.26. The van der Waals surface area contributed by atoms with Crippen molar-refractivity contribution >= 4 is 16.6 Å². The van der Waals surface area contributed by atoms with Gasteiger partial charge in [0, 0.05) is 47.3 Å². The van der Waals surface area contributed by atoms with Gasteiger partial charge in [0.2, 0.25) is 0 Å². The number of carbonyl (C=O) groups is 1. The van der Waals surface area contributed by atoms with Crippen molar-refractivity contribution in [3.63, 3.8) is 0 Å². The van der Waals surface area contributed by atoms with Crippen LogP contribution in [-0.2, 0) is 4.74 Å². The van der Waals surface area contributed by atoms with Crippen molar-refractivity contribution < 1.29 is 14.3 Å². The molecule has 0 unspecified atom stereocenters. The van der Waals surface area contributed by atoms with Crippen molar-refractivity contribution in [1.82, 2.24) is 9.47 Å². The van der Waals surface area contributed by atoms with Gasteiger partial charge in [0.15, 0.2) is 5.78 Å². The third-order valence-corrected chi connectivity index (χ3v) is 6.55. The number of hydrogen-bond acceptors (Lipinski definition) is 5. The fourth-order valence-electron chi connectivity index (χ4n) is 4.91. The van der Waals surface area contributed by atoms with Crippen LogP contribution in [0.3, 0.4) is 0 Å².